The minimum absolute atomic E-state index is 0.707. The average molecular weight is 476 g/mol. The molecule has 5 aromatic carbocycles. The molecule has 0 aliphatic rings. The van der Waals surface area contributed by atoms with E-state index in [1.54, 1.807) is 0 Å². The van der Waals surface area contributed by atoms with Crippen LogP contribution in [0.25, 0.3) is 42.1 Å². The molecule has 2 heterocycles. The number of nitrogens with zero attached hydrogens (tertiary/aromatic N) is 1. The van der Waals surface area contributed by atoms with Gasteiger partial charge in [0.15, 0.2) is 0 Å². The van der Waals surface area contributed by atoms with Crippen molar-refractivity contribution in [2.45, 2.75) is 0 Å². The fourth-order valence-electron chi connectivity index (χ4n) is 4.79. The van der Waals surface area contributed by atoms with Crippen LogP contribution in [-0.2, 0) is 0 Å². The third-order valence-electron chi connectivity index (χ3n) is 6.32. The Morgan fingerprint density at radius 1 is 0.559 bits per heavy atom. The van der Waals surface area contributed by atoms with Gasteiger partial charge < -0.3 is 9.32 Å². The van der Waals surface area contributed by atoms with Gasteiger partial charge in [-0.25, -0.2) is 0 Å². The maximum Gasteiger partial charge on any atom is 0.137 e. The summed E-state index contributed by atoms with van der Waals surface area (Å²) in [6.07, 6.45) is 0. The number of hydrogen-bond acceptors (Lipinski definition) is 3. The molecule has 0 atom stereocenters. The van der Waals surface area contributed by atoms with Gasteiger partial charge in [0, 0.05) is 54.1 Å². The lowest BCUT2D eigenvalue weighted by molar-refractivity contribution is 0.669. The summed E-state index contributed by atoms with van der Waals surface area (Å²) in [6, 6.07) is 37.9. The van der Waals surface area contributed by atoms with Crippen LogP contribution in [0.1, 0.15) is 0 Å². The molecule has 34 heavy (non-hydrogen) atoms. The Morgan fingerprint density at radius 2 is 1.32 bits per heavy atom. The minimum Gasteiger partial charge on any atom is -0.456 e. The highest BCUT2D eigenvalue weighted by Gasteiger charge is 2.17. The van der Waals surface area contributed by atoms with Gasteiger partial charge in [-0.15, -0.1) is 11.3 Å². The molecule has 4 heteroatoms. The van der Waals surface area contributed by atoms with E-state index in [0.29, 0.717) is 5.02 Å². The van der Waals surface area contributed by atoms with E-state index in [2.05, 4.69) is 89.8 Å². The molecule has 7 rings (SSSR count). The van der Waals surface area contributed by atoms with Gasteiger partial charge in [-0.05, 0) is 60.7 Å². The summed E-state index contributed by atoms with van der Waals surface area (Å²) in [5.41, 5.74) is 4.86. The molecule has 0 N–H and O–H groups in total. The second-order valence-corrected chi connectivity index (χ2v) is 9.84. The lowest BCUT2D eigenvalue weighted by Crippen LogP contribution is -2.09. The summed E-state index contributed by atoms with van der Waals surface area (Å²) in [4.78, 5) is 2.28. The standard InChI is InChI=1S/C30H18ClNOS/c31-25-10-6-11-26-30(25)23-15-13-21(18-27(23)33-26)32(19-7-2-1-3-8-19)20-14-16-29-24(17-20)22-9-4-5-12-28(22)34-29/h1-18H. The molecule has 0 saturated heterocycles. The number of para-hydroxylation sites is 1. The van der Waals surface area contributed by atoms with E-state index < -0.39 is 0 Å². The molecule has 0 aliphatic heterocycles. The Hall–Kier alpha value is -3.79. The highest BCUT2D eigenvalue weighted by Crippen LogP contribution is 2.42. The lowest BCUT2D eigenvalue weighted by Gasteiger charge is -2.25. The second-order valence-electron chi connectivity index (χ2n) is 8.35. The normalized spacial score (nSPS) is 11.7. The Kier molecular flexibility index (Phi) is 4.41. The molecule has 2 nitrogen and oxygen atoms in total. The van der Waals surface area contributed by atoms with Crippen LogP contribution >= 0.6 is 22.9 Å². The first-order valence-electron chi connectivity index (χ1n) is 11.1. The number of rotatable bonds is 3. The summed E-state index contributed by atoms with van der Waals surface area (Å²) in [7, 11) is 0. The predicted octanol–water partition coefficient (Wildman–Crippen LogP) is 10.1. The van der Waals surface area contributed by atoms with Gasteiger partial charge in [-0.3, -0.25) is 0 Å². The average Bonchev–Trinajstić information content (AvgIpc) is 3.43. The highest BCUT2D eigenvalue weighted by atomic mass is 35.5. The monoisotopic (exact) mass is 475 g/mol. The first-order chi connectivity index (χ1) is 16.8. The van der Waals surface area contributed by atoms with Crippen LogP contribution in [-0.4, -0.2) is 0 Å². The van der Waals surface area contributed by atoms with Gasteiger partial charge in [0.25, 0.3) is 0 Å². The van der Waals surface area contributed by atoms with Gasteiger partial charge in [0.2, 0.25) is 0 Å². The van der Waals surface area contributed by atoms with E-state index in [4.69, 9.17) is 16.0 Å². The van der Waals surface area contributed by atoms with Crippen molar-refractivity contribution in [2.75, 3.05) is 4.90 Å². The zero-order valence-electron chi connectivity index (χ0n) is 18.0. The molecule has 0 aliphatic carbocycles. The van der Waals surface area contributed by atoms with Crippen molar-refractivity contribution in [1.29, 1.82) is 0 Å². The van der Waals surface area contributed by atoms with E-state index in [9.17, 15) is 0 Å². The van der Waals surface area contributed by atoms with Crippen LogP contribution in [0.15, 0.2) is 114 Å². The van der Waals surface area contributed by atoms with E-state index >= 15 is 0 Å². The fraction of sp³-hybridized carbons (Fsp3) is 0. The molecule has 0 unspecified atom stereocenters. The number of furan rings is 1. The van der Waals surface area contributed by atoms with Gasteiger partial charge in [-0.2, -0.15) is 0 Å². The van der Waals surface area contributed by atoms with E-state index in [1.165, 1.54) is 20.2 Å². The quantitative estimate of drug-likeness (QED) is 0.252. The molecule has 0 saturated carbocycles. The van der Waals surface area contributed by atoms with Crippen molar-refractivity contribution in [3.05, 3.63) is 114 Å². The Morgan fingerprint density at radius 3 is 2.24 bits per heavy atom. The number of fused-ring (bicyclic) bond motifs is 6. The van der Waals surface area contributed by atoms with Crippen molar-refractivity contribution in [3.8, 4) is 0 Å². The van der Waals surface area contributed by atoms with E-state index in [0.717, 1.165) is 39.0 Å². The predicted molar refractivity (Wildman–Crippen MR) is 146 cm³/mol. The molecule has 2 aromatic heterocycles. The molecule has 0 bridgehead atoms. The SMILES string of the molecule is Clc1cccc2oc3cc(N(c4ccccc4)c4ccc5sc6ccccc6c5c4)ccc3c12. The largest absolute Gasteiger partial charge is 0.456 e. The summed E-state index contributed by atoms with van der Waals surface area (Å²) in [5.74, 6) is 0. The van der Waals surface area contributed by atoms with Crippen molar-refractivity contribution in [3.63, 3.8) is 0 Å². The van der Waals surface area contributed by atoms with Crippen molar-refractivity contribution >= 4 is 82.1 Å². The highest BCUT2D eigenvalue weighted by molar-refractivity contribution is 7.25. The molecule has 0 radical (unpaired) electrons. The molecule has 162 valence electrons. The van der Waals surface area contributed by atoms with Crippen LogP contribution in [0.5, 0.6) is 0 Å². The van der Waals surface area contributed by atoms with Crippen molar-refractivity contribution in [1.82, 2.24) is 0 Å². The van der Waals surface area contributed by atoms with Crippen LogP contribution in [0.2, 0.25) is 5.02 Å². The first-order valence-corrected chi connectivity index (χ1v) is 12.3. The van der Waals surface area contributed by atoms with Crippen LogP contribution < -0.4 is 4.90 Å². The molecule has 0 fully saturated rings. The zero-order chi connectivity index (χ0) is 22.6. The van der Waals surface area contributed by atoms with Gasteiger partial charge in [0.05, 0.1) is 5.02 Å². The number of hydrogen-bond donors (Lipinski definition) is 0. The van der Waals surface area contributed by atoms with Crippen LogP contribution in [0, 0.1) is 0 Å². The van der Waals surface area contributed by atoms with E-state index in [1.807, 2.05) is 35.6 Å². The van der Waals surface area contributed by atoms with Crippen LogP contribution in [0.3, 0.4) is 0 Å². The second kappa shape index (κ2) is 7.63. The molecule has 7 aromatic rings. The van der Waals surface area contributed by atoms with Gasteiger partial charge >= 0.3 is 0 Å². The zero-order valence-corrected chi connectivity index (χ0v) is 19.6. The smallest absolute Gasteiger partial charge is 0.137 e. The maximum absolute atomic E-state index is 6.49. The van der Waals surface area contributed by atoms with Crippen molar-refractivity contribution < 1.29 is 4.42 Å². The number of anilines is 3. The summed E-state index contributed by atoms with van der Waals surface area (Å²) in [5, 5.41) is 5.26. The first kappa shape index (κ1) is 19.7. The summed E-state index contributed by atoms with van der Waals surface area (Å²) >= 11 is 8.33. The van der Waals surface area contributed by atoms with Crippen LogP contribution in [0.4, 0.5) is 17.1 Å². The third-order valence-corrected chi connectivity index (χ3v) is 7.79. The van der Waals surface area contributed by atoms with Gasteiger partial charge in [-0.1, -0.05) is 54.1 Å². The number of benzene rings is 5. The van der Waals surface area contributed by atoms with Gasteiger partial charge in [0.1, 0.15) is 11.2 Å². The Bertz CT molecular complexity index is 1830. The minimum atomic E-state index is 0.707. The molecular weight excluding hydrogens is 458 g/mol. The number of halogens is 1. The third kappa shape index (κ3) is 3.02. The Labute approximate surface area is 205 Å². The van der Waals surface area contributed by atoms with E-state index in [-0.39, 0.29) is 0 Å². The number of thiophene rings is 1. The maximum atomic E-state index is 6.49. The van der Waals surface area contributed by atoms with Crippen molar-refractivity contribution in [2.24, 2.45) is 0 Å². The molecule has 0 spiro atoms. The molecule has 0 amide bonds. The summed E-state index contributed by atoms with van der Waals surface area (Å²) < 4.78 is 8.80. The summed E-state index contributed by atoms with van der Waals surface area (Å²) in [6.45, 7) is 0. The molecular formula is C30H18ClNOS. The fourth-order valence-corrected chi connectivity index (χ4v) is 6.14. The topological polar surface area (TPSA) is 16.4 Å². The Balaban J connectivity index is 1.46. The lowest BCUT2D eigenvalue weighted by atomic mass is 10.1.